The van der Waals surface area contributed by atoms with Gasteiger partial charge < -0.3 is 10.1 Å². The molecule has 0 radical (unpaired) electrons. The average Bonchev–Trinajstić information content (AvgIpc) is 2.24. The van der Waals surface area contributed by atoms with Crippen molar-refractivity contribution >= 4 is 0 Å². The first kappa shape index (κ1) is 13.9. The summed E-state index contributed by atoms with van der Waals surface area (Å²) in [6.45, 7) is 4.61. The highest BCUT2D eigenvalue weighted by Crippen LogP contribution is 2.26. The van der Waals surface area contributed by atoms with Crippen LogP contribution in [0.15, 0.2) is 12.1 Å². The van der Waals surface area contributed by atoms with Gasteiger partial charge in [-0.15, -0.1) is 0 Å². The van der Waals surface area contributed by atoms with Gasteiger partial charge in [-0.05, 0) is 43.5 Å². The Kier molecular flexibility index (Phi) is 5.35. The topological polar surface area (TPSA) is 21.3 Å². The minimum atomic E-state index is -2.77. The van der Waals surface area contributed by atoms with Crippen molar-refractivity contribution in [1.29, 1.82) is 0 Å². The van der Waals surface area contributed by atoms with Crippen molar-refractivity contribution in [1.82, 2.24) is 5.32 Å². The normalized spacial score (nSPS) is 10.9. The third-order valence-electron chi connectivity index (χ3n) is 2.48. The number of nitrogens with one attached hydrogen (secondary N) is 1. The largest absolute Gasteiger partial charge is 0.434 e. The van der Waals surface area contributed by atoms with Crippen molar-refractivity contribution in [3.63, 3.8) is 0 Å². The quantitative estimate of drug-likeness (QED) is 0.773. The maximum absolute atomic E-state index is 12.2. The molecule has 0 amide bonds. The van der Waals surface area contributed by atoms with Gasteiger partial charge in [-0.2, -0.15) is 8.78 Å². The number of ether oxygens (including phenoxy) is 1. The molecule has 17 heavy (non-hydrogen) atoms. The number of halogens is 2. The van der Waals surface area contributed by atoms with Crippen LogP contribution in [0.3, 0.4) is 0 Å². The third-order valence-corrected chi connectivity index (χ3v) is 2.48. The fraction of sp³-hybridized carbons (Fsp3) is 0.538. The molecule has 0 aromatic heterocycles. The first-order chi connectivity index (χ1) is 8.04. The van der Waals surface area contributed by atoms with Crippen LogP contribution < -0.4 is 10.1 Å². The Balaban J connectivity index is 2.78. The van der Waals surface area contributed by atoms with Crippen LogP contribution in [0.25, 0.3) is 0 Å². The van der Waals surface area contributed by atoms with Crippen LogP contribution in [0.4, 0.5) is 8.78 Å². The molecule has 0 atom stereocenters. The Morgan fingerprint density at radius 1 is 1.24 bits per heavy atom. The van der Waals surface area contributed by atoms with Gasteiger partial charge in [0, 0.05) is 6.54 Å². The predicted octanol–water partition coefficient (Wildman–Crippen LogP) is 3.40. The molecule has 0 aliphatic carbocycles. The predicted molar refractivity (Wildman–Crippen MR) is 64.5 cm³/mol. The molecule has 0 spiro atoms. The van der Waals surface area contributed by atoms with E-state index < -0.39 is 6.61 Å². The van der Waals surface area contributed by atoms with Crippen molar-refractivity contribution in [2.24, 2.45) is 0 Å². The SMILES string of the molecule is CCCNCc1cc(C)c(OC(F)F)c(C)c1. The number of alkyl halides is 2. The number of benzene rings is 1. The van der Waals surface area contributed by atoms with Gasteiger partial charge >= 0.3 is 6.61 Å². The zero-order valence-electron chi connectivity index (χ0n) is 10.5. The minimum Gasteiger partial charge on any atom is -0.434 e. The van der Waals surface area contributed by atoms with Crippen molar-refractivity contribution in [2.45, 2.75) is 40.3 Å². The van der Waals surface area contributed by atoms with Crippen LogP contribution in [-0.2, 0) is 6.54 Å². The number of hydrogen-bond donors (Lipinski definition) is 1. The van der Waals surface area contributed by atoms with E-state index in [9.17, 15) is 8.78 Å². The zero-order valence-corrected chi connectivity index (χ0v) is 10.5. The molecule has 0 unspecified atom stereocenters. The molecule has 0 fully saturated rings. The second-order valence-electron chi connectivity index (χ2n) is 4.11. The Labute approximate surface area is 101 Å². The summed E-state index contributed by atoms with van der Waals surface area (Å²) < 4.78 is 28.9. The maximum atomic E-state index is 12.2. The van der Waals surface area contributed by atoms with Crippen LogP contribution in [0.5, 0.6) is 5.75 Å². The van der Waals surface area contributed by atoms with Gasteiger partial charge in [-0.3, -0.25) is 0 Å². The van der Waals surface area contributed by atoms with Gasteiger partial charge in [0.2, 0.25) is 0 Å². The van der Waals surface area contributed by atoms with Gasteiger partial charge in [0.15, 0.2) is 0 Å². The molecule has 96 valence electrons. The van der Waals surface area contributed by atoms with E-state index in [-0.39, 0.29) is 0 Å². The van der Waals surface area contributed by atoms with Crippen LogP contribution >= 0.6 is 0 Å². The minimum absolute atomic E-state index is 0.291. The monoisotopic (exact) mass is 243 g/mol. The summed E-state index contributed by atoms with van der Waals surface area (Å²) in [4.78, 5) is 0. The first-order valence-corrected chi connectivity index (χ1v) is 5.80. The zero-order chi connectivity index (χ0) is 12.8. The van der Waals surface area contributed by atoms with E-state index in [0.29, 0.717) is 5.75 Å². The average molecular weight is 243 g/mol. The second kappa shape index (κ2) is 6.55. The highest BCUT2D eigenvalue weighted by atomic mass is 19.3. The van der Waals surface area contributed by atoms with Crippen molar-refractivity contribution in [3.8, 4) is 5.75 Å². The summed E-state index contributed by atoms with van der Waals surface area (Å²) in [6.07, 6.45) is 1.07. The van der Waals surface area contributed by atoms with E-state index in [1.165, 1.54) is 0 Å². The summed E-state index contributed by atoms with van der Waals surface area (Å²) in [5.74, 6) is 0.291. The van der Waals surface area contributed by atoms with Gasteiger partial charge in [0.05, 0.1) is 0 Å². The number of hydrogen-bond acceptors (Lipinski definition) is 2. The van der Waals surface area contributed by atoms with E-state index in [4.69, 9.17) is 0 Å². The molecule has 0 aliphatic heterocycles. The van der Waals surface area contributed by atoms with Crippen LogP contribution in [0.1, 0.15) is 30.0 Å². The summed E-state index contributed by atoms with van der Waals surface area (Å²) in [6, 6.07) is 3.76. The fourth-order valence-electron chi connectivity index (χ4n) is 1.83. The first-order valence-electron chi connectivity index (χ1n) is 5.80. The lowest BCUT2D eigenvalue weighted by Gasteiger charge is -2.13. The Morgan fingerprint density at radius 3 is 2.29 bits per heavy atom. The highest BCUT2D eigenvalue weighted by molar-refractivity contribution is 5.43. The van der Waals surface area contributed by atoms with E-state index in [1.807, 2.05) is 12.1 Å². The summed E-state index contributed by atoms with van der Waals surface area (Å²) in [5, 5.41) is 3.28. The van der Waals surface area contributed by atoms with Crippen molar-refractivity contribution < 1.29 is 13.5 Å². The summed E-state index contributed by atoms with van der Waals surface area (Å²) in [7, 11) is 0. The van der Waals surface area contributed by atoms with Gasteiger partial charge in [0.1, 0.15) is 5.75 Å². The van der Waals surface area contributed by atoms with E-state index >= 15 is 0 Å². The molecule has 4 heteroatoms. The Morgan fingerprint density at radius 2 is 1.82 bits per heavy atom. The van der Waals surface area contributed by atoms with E-state index in [0.717, 1.165) is 36.2 Å². The third kappa shape index (κ3) is 4.30. The highest BCUT2D eigenvalue weighted by Gasteiger charge is 2.11. The van der Waals surface area contributed by atoms with Crippen molar-refractivity contribution in [3.05, 3.63) is 28.8 Å². The summed E-state index contributed by atoms with van der Waals surface area (Å²) >= 11 is 0. The molecule has 0 saturated carbocycles. The molecule has 0 heterocycles. The lowest BCUT2D eigenvalue weighted by Crippen LogP contribution is -2.14. The molecule has 0 saturated heterocycles. The molecule has 0 bridgehead atoms. The molecular weight excluding hydrogens is 224 g/mol. The molecule has 1 N–H and O–H groups in total. The lowest BCUT2D eigenvalue weighted by molar-refractivity contribution is -0.0507. The Hall–Kier alpha value is -1.16. The molecule has 2 nitrogen and oxygen atoms in total. The Bertz CT molecular complexity index is 343. The van der Waals surface area contributed by atoms with E-state index in [2.05, 4.69) is 17.0 Å². The van der Waals surface area contributed by atoms with Crippen LogP contribution in [-0.4, -0.2) is 13.2 Å². The van der Waals surface area contributed by atoms with Gasteiger partial charge in [0.25, 0.3) is 0 Å². The standard InChI is InChI=1S/C13H19F2NO/c1-4-5-16-8-11-6-9(2)12(10(3)7-11)17-13(14)15/h6-7,13,16H,4-5,8H2,1-3H3. The van der Waals surface area contributed by atoms with Crippen LogP contribution in [0, 0.1) is 13.8 Å². The van der Waals surface area contributed by atoms with Gasteiger partial charge in [-0.1, -0.05) is 19.1 Å². The number of aryl methyl sites for hydroxylation is 2. The van der Waals surface area contributed by atoms with Gasteiger partial charge in [-0.25, -0.2) is 0 Å². The molecular formula is C13H19F2NO. The second-order valence-corrected chi connectivity index (χ2v) is 4.11. The lowest BCUT2D eigenvalue weighted by atomic mass is 10.1. The maximum Gasteiger partial charge on any atom is 0.387 e. The molecule has 1 aromatic carbocycles. The fourth-order valence-corrected chi connectivity index (χ4v) is 1.83. The molecule has 0 aliphatic rings. The van der Waals surface area contributed by atoms with Crippen molar-refractivity contribution in [2.75, 3.05) is 6.54 Å². The molecule has 1 rings (SSSR count). The molecule has 1 aromatic rings. The smallest absolute Gasteiger partial charge is 0.387 e. The van der Waals surface area contributed by atoms with E-state index in [1.54, 1.807) is 13.8 Å². The van der Waals surface area contributed by atoms with Crippen LogP contribution in [0.2, 0.25) is 0 Å². The number of rotatable bonds is 6. The summed E-state index contributed by atoms with van der Waals surface area (Å²) in [5.41, 5.74) is 2.59.